The van der Waals surface area contributed by atoms with Gasteiger partial charge in [0.15, 0.2) is 0 Å². The van der Waals surface area contributed by atoms with E-state index in [-0.39, 0.29) is 5.11 Å². The molecular formula is C24H28ClN9O2S. The van der Waals surface area contributed by atoms with Crippen LogP contribution in [0.25, 0.3) is 0 Å². The van der Waals surface area contributed by atoms with Gasteiger partial charge in [0.2, 0.25) is 23.0 Å². The van der Waals surface area contributed by atoms with Crippen LogP contribution in [0.15, 0.2) is 41.7 Å². The number of thiocarbonyl (C=S) groups is 1. The molecule has 0 radical (unpaired) electrons. The number of ether oxygens (including phenoxy) is 2. The highest BCUT2D eigenvalue weighted by Crippen LogP contribution is 2.36. The van der Waals surface area contributed by atoms with Crippen LogP contribution in [0.3, 0.4) is 0 Å². The van der Waals surface area contributed by atoms with Gasteiger partial charge in [-0.1, -0.05) is 11.6 Å². The van der Waals surface area contributed by atoms with Crippen molar-refractivity contribution in [3.8, 4) is 11.5 Å². The molecule has 37 heavy (non-hydrogen) atoms. The number of rotatable bonds is 5. The lowest BCUT2D eigenvalue weighted by Gasteiger charge is -2.36. The van der Waals surface area contributed by atoms with Gasteiger partial charge >= 0.3 is 0 Å². The summed E-state index contributed by atoms with van der Waals surface area (Å²) in [5, 5.41) is 7.02. The predicted molar refractivity (Wildman–Crippen MR) is 149 cm³/mol. The number of aliphatic imine (C=N–C) groups is 1. The zero-order valence-electron chi connectivity index (χ0n) is 21.0. The molecule has 1 saturated heterocycles. The van der Waals surface area contributed by atoms with E-state index < -0.39 is 0 Å². The number of guanidine groups is 1. The second-order valence-corrected chi connectivity index (χ2v) is 8.97. The van der Waals surface area contributed by atoms with E-state index in [0.717, 1.165) is 11.4 Å². The molecule has 1 aliphatic rings. The summed E-state index contributed by atoms with van der Waals surface area (Å²) in [5.74, 6) is 2.66. The molecule has 4 rings (SSSR count). The van der Waals surface area contributed by atoms with Crippen molar-refractivity contribution in [1.82, 2.24) is 24.8 Å². The highest BCUT2D eigenvalue weighted by atomic mass is 35.5. The summed E-state index contributed by atoms with van der Waals surface area (Å²) in [4.78, 5) is 26.6. The van der Waals surface area contributed by atoms with Gasteiger partial charge in [0.05, 0.1) is 24.9 Å². The summed E-state index contributed by atoms with van der Waals surface area (Å²) < 4.78 is 10.8. The maximum absolute atomic E-state index is 6.24. The van der Waals surface area contributed by atoms with E-state index >= 15 is 0 Å². The molecule has 1 fully saturated rings. The topological polar surface area (TPSA) is 113 Å². The van der Waals surface area contributed by atoms with Crippen LogP contribution in [0.2, 0.25) is 5.02 Å². The molecule has 0 bridgehead atoms. The van der Waals surface area contributed by atoms with Crippen LogP contribution >= 0.6 is 23.8 Å². The van der Waals surface area contributed by atoms with Crippen molar-refractivity contribution < 1.29 is 9.47 Å². The van der Waals surface area contributed by atoms with Gasteiger partial charge < -0.3 is 24.6 Å². The normalized spacial score (nSPS) is 13.8. The summed E-state index contributed by atoms with van der Waals surface area (Å²) in [6, 6.07) is 7.08. The van der Waals surface area contributed by atoms with Crippen molar-refractivity contribution in [1.29, 1.82) is 0 Å². The maximum Gasteiger partial charge on any atom is 0.229 e. The van der Waals surface area contributed by atoms with Crippen molar-refractivity contribution >= 4 is 52.5 Å². The largest absolute Gasteiger partial charge is 0.495 e. The lowest BCUT2D eigenvalue weighted by molar-refractivity contribution is 0.382. The zero-order chi connectivity index (χ0) is 26.4. The maximum atomic E-state index is 6.24. The Balaban J connectivity index is 1.58. The highest BCUT2D eigenvalue weighted by molar-refractivity contribution is 7.80. The molecule has 0 spiro atoms. The summed E-state index contributed by atoms with van der Waals surface area (Å²) in [6.45, 7) is 6.58. The molecule has 3 aromatic rings. The first-order valence-corrected chi connectivity index (χ1v) is 12.3. The van der Waals surface area contributed by atoms with E-state index in [9.17, 15) is 0 Å². The first-order valence-electron chi connectivity index (χ1n) is 11.5. The number of piperazine rings is 1. The van der Waals surface area contributed by atoms with E-state index in [1.165, 1.54) is 0 Å². The van der Waals surface area contributed by atoms with Crippen LogP contribution in [0, 0.1) is 13.8 Å². The number of nitrogens with one attached hydrogen (secondary N) is 2. The second kappa shape index (κ2) is 12.0. The Morgan fingerprint density at radius 2 is 1.59 bits per heavy atom. The predicted octanol–water partition coefficient (Wildman–Crippen LogP) is 3.54. The molecule has 0 amide bonds. The molecule has 0 unspecified atom stereocenters. The lowest BCUT2D eigenvalue weighted by atomic mass is 10.2. The van der Waals surface area contributed by atoms with E-state index in [0.29, 0.717) is 66.2 Å². The van der Waals surface area contributed by atoms with Gasteiger partial charge in [-0.25, -0.2) is 19.9 Å². The fraction of sp³-hybridized carbons (Fsp3) is 0.333. The number of hydrogen-bond acceptors (Lipinski definition) is 8. The average Bonchev–Trinajstić information content (AvgIpc) is 2.89. The molecule has 0 aliphatic carbocycles. The summed E-state index contributed by atoms with van der Waals surface area (Å²) in [5.41, 5.74) is 2.27. The Morgan fingerprint density at radius 3 is 2.22 bits per heavy atom. The van der Waals surface area contributed by atoms with Crippen molar-refractivity contribution in [2.75, 3.05) is 55.9 Å². The van der Waals surface area contributed by atoms with Crippen molar-refractivity contribution in [3.63, 3.8) is 0 Å². The zero-order valence-corrected chi connectivity index (χ0v) is 22.6. The first-order chi connectivity index (χ1) is 17.9. The SMILES string of the molecule is COc1cc(NC(=S)/N=C(/Nc2nc(C)cc(C)n2)N2CCN(c3ncccn3)CC2)c(OC)cc1Cl. The summed E-state index contributed by atoms with van der Waals surface area (Å²) in [6.07, 6.45) is 3.48. The molecule has 13 heteroatoms. The van der Waals surface area contributed by atoms with Crippen LogP contribution in [0.1, 0.15) is 11.4 Å². The molecule has 2 aromatic heterocycles. The number of aromatic nitrogens is 4. The van der Waals surface area contributed by atoms with Crippen LogP contribution in [0.5, 0.6) is 11.5 Å². The van der Waals surface area contributed by atoms with Gasteiger partial charge in [0.1, 0.15) is 11.5 Å². The van der Waals surface area contributed by atoms with Crippen LogP contribution in [-0.4, -0.2) is 76.3 Å². The molecule has 0 saturated carbocycles. The molecule has 3 heterocycles. The number of anilines is 3. The Morgan fingerprint density at radius 1 is 0.946 bits per heavy atom. The minimum absolute atomic E-state index is 0.211. The quantitative estimate of drug-likeness (QED) is 0.281. The van der Waals surface area contributed by atoms with E-state index in [4.69, 9.17) is 38.3 Å². The number of nitrogens with zero attached hydrogens (tertiary/aromatic N) is 7. The molecular weight excluding hydrogens is 514 g/mol. The molecule has 1 aliphatic heterocycles. The van der Waals surface area contributed by atoms with Crippen LogP contribution in [-0.2, 0) is 0 Å². The smallest absolute Gasteiger partial charge is 0.229 e. The highest BCUT2D eigenvalue weighted by Gasteiger charge is 2.23. The Bertz CT molecular complexity index is 1260. The third kappa shape index (κ3) is 6.71. The minimum Gasteiger partial charge on any atom is -0.495 e. The number of aryl methyl sites for hydroxylation is 2. The summed E-state index contributed by atoms with van der Waals surface area (Å²) >= 11 is 11.8. The van der Waals surface area contributed by atoms with Gasteiger partial charge in [-0.15, -0.1) is 0 Å². The lowest BCUT2D eigenvalue weighted by Crippen LogP contribution is -2.51. The summed E-state index contributed by atoms with van der Waals surface area (Å²) in [7, 11) is 3.09. The van der Waals surface area contributed by atoms with Crippen LogP contribution < -0.4 is 25.0 Å². The van der Waals surface area contributed by atoms with E-state index in [1.807, 2.05) is 19.9 Å². The number of methoxy groups -OCH3 is 2. The average molecular weight is 542 g/mol. The molecule has 2 N–H and O–H groups in total. The third-order valence-electron chi connectivity index (χ3n) is 5.54. The van der Waals surface area contributed by atoms with E-state index in [2.05, 4.69) is 40.4 Å². The first kappa shape index (κ1) is 26.3. The van der Waals surface area contributed by atoms with Crippen molar-refractivity contribution in [2.45, 2.75) is 13.8 Å². The standard InChI is InChI=1S/C24H28ClN9O2S/c1-15-12-16(2)29-21(28-15)31-23(34-10-8-33(9-11-34)22-26-6-5-7-27-22)32-24(37)30-18-14-19(35-3)17(25)13-20(18)36-4/h5-7,12-14H,8-11H2,1-4H3,(H2,28,29,30,31,32,37). The van der Waals surface area contributed by atoms with Gasteiger partial charge in [-0.3, -0.25) is 5.32 Å². The number of halogens is 1. The van der Waals surface area contributed by atoms with Crippen molar-refractivity contribution in [2.24, 2.45) is 4.99 Å². The fourth-order valence-electron chi connectivity index (χ4n) is 3.83. The monoisotopic (exact) mass is 541 g/mol. The number of hydrogen-bond donors (Lipinski definition) is 2. The van der Waals surface area contributed by atoms with Gasteiger partial charge in [0.25, 0.3) is 0 Å². The Labute approximate surface area is 225 Å². The Kier molecular flexibility index (Phi) is 8.51. The second-order valence-electron chi connectivity index (χ2n) is 8.17. The van der Waals surface area contributed by atoms with Gasteiger partial charge in [-0.2, -0.15) is 4.99 Å². The molecule has 194 valence electrons. The van der Waals surface area contributed by atoms with Gasteiger partial charge in [-0.05, 0) is 38.2 Å². The third-order valence-corrected chi connectivity index (χ3v) is 6.03. The van der Waals surface area contributed by atoms with Gasteiger partial charge in [0, 0.05) is 62.1 Å². The van der Waals surface area contributed by atoms with Crippen LogP contribution in [0.4, 0.5) is 17.6 Å². The molecule has 1 aromatic carbocycles. The minimum atomic E-state index is 0.211. The Hall–Kier alpha value is -3.77. The van der Waals surface area contributed by atoms with E-state index in [1.54, 1.807) is 44.8 Å². The fourth-order valence-corrected chi connectivity index (χ4v) is 4.26. The van der Waals surface area contributed by atoms with Crippen molar-refractivity contribution in [3.05, 3.63) is 53.1 Å². The molecule has 0 atom stereocenters. The molecule has 11 nitrogen and oxygen atoms in total. The number of benzene rings is 1.